The van der Waals surface area contributed by atoms with Crippen LogP contribution in [0.25, 0.3) is 0 Å². The molecule has 0 bridgehead atoms. The molecule has 68 valence electrons. The zero-order valence-corrected chi connectivity index (χ0v) is 7.63. The molecule has 0 aliphatic heterocycles. The lowest BCUT2D eigenvalue weighted by molar-refractivity contribution is 0.443. The van der Waals surface area contributed by atoms with Crippen molar-refractivity contribution in [2.75, 3.05) is 6.26 Å². The number of hydrogen-bond donors (Lipinski definition) is 1. The Labute approximate surface area is 74.8 Å². The van der Waals surface area contributed by atoms with Crippen LogP contribution < -0.4 is 0 Å². The molecule has 0 aliphatic carbocycles. The molecule has 1 rings (SSSR count). The van der Waals surface area contributed by atoms with Crippen molar-refractivity contribution in [2.24, 2.45) is 0 Å². The lowest BCUT2D eigenvalue weighted by Crippen LogP contribution is -1.92. The fourth-order valence-corrected chi connectivity index (χ4v) is 0.622. The van der Waals surface area contributed by atoms with Crippen LogP contribution in [0.4, 0.5) is 13.2 Å². The van der Waals surface area contributed by atoms with Crippen molar-refractivity contribution in [1.29, 1.82) is 0 Å². The van der Waals surface area contributed by atoms with Crippen LogP contribution in [0.2, 0.25) is 0 Å². The maximum atomic E-state index is 12.4. The van der Waals surface area contributed by atoms with Crippen molar-refractivity contribution in [2.45, 2.75) is 6.92 Å². The Balaban J connectivity index is 0.000000561. The third kappa shape index (κ3) is 2.44. The Morgan fingerprint density at radius 1 is 1.00 bits per heavy atom. The lowest BCUT2D eigenvalue weighted by atomic mass is 10.2. The summed E-state index contributed by atoms with van der Waals surface area (Å²) in [7, 11) is 0. The molecular weight excluding hydrogens is 185 g/mol. The van der Waals surface area contributed by atoms with E-state index in [-0.39, 0.29) is 5.56 Å². The first kappa shape index (κ1) is 11.4. The highest BCUT2D eigenvalue weighted by Gasteiger charge is 2.09. The van der Waals surface area contributed by atoms with E-state index in [1.54, 1.807) is 6.26 Å². The number of benzene rings is 1. The number of hydrogen-bond acceptors (Lipinski definition) is 1. The van der Waals surface area contributed by atoms with Crippen LogP contribution in [-0.4, -0.2) is 6.26 Å². The fourth-order valence-electron chi connectivity index (χ4n) is 0.622. The molecule has 0 radical (unpaired) electrons. The van der Waals surface area contributed by atoms with Crippen molar-refractivity contribution in [3.05, 3.63) is 35.1 Å². The normalized spacial score (nSPS) is 8.83. The Morgan fingerprint density at radius 3 is 1.92 bits per heavy atom. The number of rotatable bonds is 0. The Kier molecular flexibility index (Phi) is 4.81. The molecule has 0 aliphatic rings. The van der Waals surface area contributed by atoms with E-state index in [0.717, 1.165) is 6.07 Å². The number of aryl methyl sites for hydroxylation is 1. The monoisotopic (exact) mass is 194 g/mol. The Bertz CT molecular complexity index is 234. The van der Waals surface area contributed by atoms with Gasteiger partial charge < -0.3 is 0 Å². The molecule has 0 N–H and O–H groups in total. The smallest absolute Gasteiger partial charge is 0.194 e. The minimum atomic E-state index is -1.40. The van der Waals surface area contributed by atoms with E-state index >= 15 is 0 Å². The molecule has 0 heterocycles. The molecule has 1 aromatic carbocycles. The van der Waals surface area contributed by atoms with E-state index in [9.17, 15) is 13.2 Å². The molecule has 4 heteroatoms. The first-order valence-corrected chi connectivity index (χ1v) is 4.07. The van der Waals surface area contributed by atoms with Gasteiger partial charge in [-0.15, -0.1) is 0 Å². The molecular formula is C8H9F3S. The maximum absolute atomic E-state index is 12.4. The van der Waals surface area contributed by atoms with E-state index in [2.05, 4.69) is 12.6 Å². The fraction of sp³-hybridized carbons (Fsp3) is 0.250. The summed E-state index contributed by atoms with van der Waals surface area (Å²) < 4.78 is 36.8. The SMILES string of the molecule is CS.Cc1ccc(F)c(F)c1F. The van der Waals surface area contributed by atoms with Crippen LogP contribution in [0.15, 0.2) is 12.1 Å². The predicted molar refractivity (Wildman–Crippen MR) is 46.0 cm³/mol. The molecule has 0 aromatic heterocycles. The van der Waals surface area contributed by atoms with Gasteiger partial charge in [0.15, 0.2) is 17.5 Å². The summed E-state index contributed by atoms with van der Waals surface area (Å²) in [5.41, 5.74) is 0.110. The summed E-state index contributed by atoms with van der Waals surface area (Å²) in [6.07, 6.45) is 1.69. The second-order valence-electron chi connectivity index (χ2n) is 1.99. The van der Waals surface area contributed by atoms with E-state index < -0.39 is 17.5 Å². The first-order valence-electron chi connectivity index (χ1n) is 3.17. The van der Waals surface area contributed by atoms with Crippen LogP contribution in [-0.2, 0) is 0 Å². The molecule has 0 atom stereocenters. The lowest BCUT2D eigenvalue weighted by Gasteiger charge is -1.96. The average molecular weight is 194 g/mol. The molecule has 0 saturated heterocycles. The number of thiol groups is 1. The van der Waals surface area contributed by atoms with Gasteiger partial charge in [0.25, 0.3) is 0 Å². The van der Waals surface area contributed by atoms with Crippen LogP contribution >= 0.6 is 12.6 Å². The minimum Gasteiger partial charge on any atom is -0.204 e. The van der Waals surface area contributed by atoms with Crippen LogP contribution in [0.1, 0.15) is 5.56 Å². The first-order chi connectivity index (χ1) is 5.63. The summed E-state index contributed by atoms with van der Waals surface area (Å²) in [5, 5.41) is 0. The molecule has 1 aromatic rings. The van der Waals surface area contributed by atoms with Gasteiger partial charge in [-0.3, -0.25) is 0 Å². The highest BCUT2D eigenvalue weighted by atomic mass is 32.1. The molecule has 0 saturated carbocycles. The predicted octanol–water partition coefficient (Wildman–Crippen LogP) is 2.96. The van der Waals surface area contributed by atoms with Gasteiger partial charge in [0.05, 0.1) is 0 Å². The van der Waals surface area contributed by atoms with Crippen molar-refractivity contribution in [3.63, 3.8) is 0 Å². The highest BCUT2D eigenvalue weighted by Crippen LogP contribution is 2.13. The second-order valence-corrected chi connectivity index (χ2v) is 1.99. The topological polar surface area (TPSA) is 0 Å². The van der Waals surface area contributed by atoms with Gasteiger partial charge >= 0.3 is 0 Å². The van der Waals surface area contributed by atoms with Crippen LogP contribution in [0, 0.1) is 24.4 Å². The zero-order valence-electron chi connectivity index (χ0n) is 6.74. The summed E-state index contributed by atoms with van der Waals surface area (Å²) in [6, 6.07) is 2.08. The van der Waals surface area contributed by atoms with Gasteiger partial charge in [0.1, 0.15) is 0 Å². The summed E-state index contributed by atoms with van der Waals surface area (Å²) in [4.78, 5) is 0. The number of halogens is 3. The Hall–Kier alpha value is -0.640. The van der Waals surface area contributed by atoms with Crippen LogP contribution in [0.5, 0.6) is 0 Å². The van der Waals surface area contributed by atoms with Gasteiger partial charge in [-0.05, 0) is 24.8 Å². The largest absolute Gasteiger partial charge is 0.204 e. The van der Waals surface area contributed by atoms with E-state index in [1.807, 2.05) is 0 Å². The average Bonchev–Trinajstić information content (AvgIpc) is 2.12. The Morgan fingerprint density at radius 2 is 1.50 bits per heavy atom. The van der Waals surface area contributed by atoms with Gasteiger partial charge in [-0.2, -0.15) is 12.6 Å². The highest BCUT2D eigenvalue weighted by molar-refractivity contribution is 7.79. The third-order valence-electron chi connectivity index (χ3n) is 1.23. The summed E-state index contributed by atoms with van der Waals surface area (Å²) >= 11 is 3.53. The molecule has 0 unspecified atom stereocenters. The quantitative estimate of drug-likeness (QED) is 0.476. The molecule has 0 fully saturated rings. The summed E-state index contributed by atoms with van der Waals surface area (Å²) in [5.74, 6) is -3.66. The third-order valence-corrected chi connectivity index (χ3v) is 1.23. The van der Waals surface area contributed by atoms with Crippen molar-refractivity contribution in [1.82, 2.24) is 0 Å². The minimum absolute atomic E-state index is 0.110. The van der Waals surface area contributed by atoms with E-state index in [0.29, 0.717) is 0 Å². The van der Waals surface area contributed by atoms with Gasteiger partial charge in [-0.1, -0.05) is 6.07 Å². The van der Waals surface area contributed by atoms with Gasteiger partial charge in [-0.25, -0.2) is 13.2 Å². The second kappa shape index (κ2) is 5.09. The van der Waals surface area contributed by atoms with Crippen molar-refractivity contribution >= 4 is 12.6 Å². The molecule has 0 spiro atoms. The van der Waals surface area contributed by atoms with Crippen molar-refractivity contribution < 1.29 is 13.2 Å². The molecule has 0 amide bonds. The maximum Gasteiger partial charge on any atom is 0.194 e. The van der Waals surface area contributed by atoms with E-state index in [4.69, 9.17) is 0 Å². The van der Waals surface area contributed by atoms with E-state index in [1.165, 1.54) is 13.0 Å². The van der Waals surface area contributed by atoms with Gasteiger partial charge in [0, 0.05) is 0 Å². The molecule has 12 heavy (non-hydrogen) atoms. The standard InChI is InChI=1S/C7H5F3.CH4S/c1-4-2-3-5(8)7(10)6(4)9;1-2/h2-3H,1H3;2H,1H3. The summed E-state index contributed by atoms with van der Waals surface area (Å²) in [6.45, 7) is 1.37. The molecule has 0 nitrogen and oxygen atoms in total. The van der Waals surface area contributed by atoms with Crippen molar-refractivity contribution in [3.8, 4) is 0 Å². The van der Waals surface area contributed by atoms with Gasteiger partial charge in [0.2, 0.25) is 0 Å². The zero-order chi connectivity index (χ0) is 9.72. The van der Waals surface area contributed by atoms with Crippen LogP contribution in [0.3, 0.4) is 0 Å².